The molecule has 1 amide bonds. The molecule has 0 bridgehead atoms. The van der Waals surface area contributed by atoms with Gasteiger partial charge in [0.2, 0.25) is 11.8 Å². The third kappa shape index (κ3) is 4.27. The van der Waals surface area contributed by atoms with Gasteiger partial charge in [-0.2, -0.15) is 0 Å². The van der Waals surface area contributed by atoms with E-state index in [0.717, 1.165) is 24.4 Å². The SMILES string of the molecule is CCOC(=O)N1CCN(Cc2nnc(-c3ccc(OC)cc3)o2)CC1. The summed E-state index contributed by atoms with van der Waals surface area (Å²) < 4.78 is 15.9. The van der Waals surface area contributed by atoms with Gasteiger partial charge in [0.05, 0.1) is 20.3 Å². The number of nitrogens with zero attached hydrogens (tertiary/aromatic N) is 4. The molecule has 0 spiro atoms. The zero-order valence-corrected chi connectivity index (χ0v) is 14.5. The minimum Gasteiger partial charge on any atom is -0.497 e. The molecular formula is C17H22N4O4. The summed E-state index contributed by atoms with van der Waals surface area (Å²) in [5, 5.41) is 8.22. The fourth-order valence-electron chi connectivity index (χ4n) is 2.66. The summed E-state index contributed by atoms with van der Waals surface area (Å²) in [6.07, 6.45) is -0.248. The molecule has 1 aromatic carbocycles. The Morgan fingerprint density at radius 2 is 1.88 bits per heavy atom. The van der Waals surface area contributed by atoms with Crippen LogP contribution in [0.3, 0.4) is 0 Å². The number of carbonyl (C=O) groups excluding carboxylic acids is 1. The number of hydrogen-bond acceptors (Lipinski definition) is 7. The van der Waals surface area contributed by atoms with Crippen molar-refractivity contribution in [3.05, 3.63) is 30.2 Å². The van der Waals surface area contributed by atoms with Crippen LogP contribution in [0.15, 0.2) is 28.7 Å². The van der Waals surface area contributed by atoms with Crippen LogP contribution < -0.4 is 4.74 Å². The van der Waals surface area contributed by atoms with Gasteiger partial charge in [0, 0.05) is 31.7 Å². The van der Waals surface area contributed by atoms with Crippen LogP contribution in [0.25, 0.3) is 11.5 Å². The van der Waals surface area contributed by atoms with Crippen LogP contribution in [-0.4, -0.2) is 66.0 Å². The molecule has 3 rings (SSSR count). The average Bonchev–Trinajstić information content (AvgIpc) is 3.11. The van der Waals surface area contributed by atoms with E-state index in [9.17, 15) is 4.79 Å². The van der Waals surface area contributed by atoms with E-state index < -0.39 is 0 Å². The molecule has 0 aliphatic carbocycles. The second-order valence-corrected chi connectivity index (χ2v) is 5.69. The average molecular weight is 346 g/mol. The predicted octanol–water partition coefficient (Wildman–Crippen LogP) is 2.02. The number of carbonyl (C=O) groups is 1. The van der Waals surface area contributed by atoms with E-state index in [1.54, 1.807) is 12.0 Å². The number of rotatable bonds is 5. The highest BCUT2D eigenvalue weighted by Crippen LogP contribution is 2.21. The maximum atomic E-state index is 11.7. The van der Waals surface area contributed by atoms with Crippen LogP contribution >= 0.6 is 0 Å². The monoisotopic (exact) mass is 346 g/mol. The van der Waals surface area contributed by atoms with Crippen LogP contribution in [0.1, 0.15) is 12.8 Å². The predicted molar refractivity (Wildman–Crippen MR) is 90.2 cm³/mol. The Morgan fingerprint density at radius 1 is 1.16 bits per heavy atom. The summed E-state index contributed by atoms with van der Waals surface area (Å²) in [7, 11) is 1.63. The van der Waals surface area contributed by atoms with E-state index in [-0.39, 0.29) is 6.09 Å². The van der Waals surface area contributed by atoms with Crippen LogP contribution in [0.2, 0.25) is 0 Å². The quantitative estimate of drug-likeness (QED) is 0.819. The van der Waals surface area contributed by atoms with Crippen molar-refractivity contribution < 1.29 is 18.7 Å². The first-order valence-corrected chi connectivity index (χ1v) is 8.30. The standard InChI is InChI=1S/C17H22N4O4/c1-3-24-17(22)21-10-8-20(9-11-21)12-15-18-19-16(25-15)13-4-6-14(23-2)7-5-13/h4-7H,3,8-12H2,1-2H3. The minimum absolute atomic E-state index is 0.248. The zero-order valence-electron chi connectivity index (χ0n) is 14.5. The van der Waals surface area contributed by atoms with Crippen molar-refractivity contribution in [3.63, 3.8) is 0 Å². The summed E-state index contributed by atoms with van der Waals surface area (Å²) in [4.78, 5) is 15.6. The number of hydrogen-bond donors (Lipinski definition) is 0. The normalized spacial score (nSPS) is 15.2. The van der Waals surface area contributed by atoms with Crippen molar-refractivity contribution in [2.24, 2.45) is 0 Å². The van der Waals surface area contributed by atoms with Crippen molar-refractivity contribution >= 4 is 6.09 Å². The maximum absolute atomic E-state index is 11.7. The number of amides is 1. The molecule has 0 radical (unpaired) electrons. The van der Waals surface area contributed by atoms with Crippen LogP contribution in [0.4, 0.5) is 4.79 Å². The van der Waals surface area contributed by atoms with E-state index in [0.29, 0.717) is 38.0 Å². The second-order valence-electron chi connectivity index (χ2n) is 5.69. The Hall–Kier alpha value is -2.61. The number of aromatic nitrogens is 2. The largest absolute Gasteiger partial charge is 0.497 e. The number of piperazine rings is 1. The summed E-state index contributed by atoms with van der Waals surface area (Å²) in [5.74, 6) is 1.83. The lowest BCUT2D eigenvalue weighted by molar-refractivity contribution is 0.0756. The molecule has 8 heteroatoms. The molecule has 8 nitrogen and oxygen atoms in total. The van der Waals surface area contributed by atoms with Gasteiger partial charge in [0.25, 0.3) is 0 Å². The molecule has 25 heavy (non-hydrogen) atoms. The fourth-order valence-corrected chi connectivity index (χ4v) is 2.66. The Bertz CT molecular complexity index is 693. The molecule has 1 aliphatic rings. The summed E-state index contributed by atoms with van der Waals surface area (Å²) in [6, 6.07) is 7.48. The number of benzene rings is 1. The van der Waals surface area contributed by atoms with Gasteiger partial charge in [0.1, 0.15) is 5.75 Å². The molecule has 2 heterocycles. The highest BCUT2D eigenvalue weighted by molar-refractivity contribution is 5.67. The molecule has 0 unspecified atom stereocenters. The lowest BCUT2D eigenvalue weighted by Crippen LogP contribution is -2.48. The highest BCUT2D eigenvalue weighted by Gasteiger charge is 2.23. The minimum atomic E-state index is -0.248. The third-order valence-corrected chi connectivity index (χ3v) is 4.06. The van der Waals surface area contributed by atoms with Gasteiger partial charge in [-0.1, -0.05) is 0 Å². The first-order valence-electron chi connectivity index (χ1n) is 8.30. The summed E-state index contributed by atoms with van der Waals surface area (Å²) >= 11 is 0. The molecule has 1 aromatic heterocycles. The van der Waals surface area contributed by atoms with Crippen LogP contribution in [-0.2, 0) is 11.3 Å². The first kappa shape index (κ1) is 17.2. The van der Waals surface area contributed by atoms with Crippen molar-refractivity contribution in [1.82, 2.24) is 20.0 Å². The van der Waals surface area contributed by atoms with Crippen molar-refractivity contribution in [1.29, 1.82) is 0 Å². The molecule has 1 aliphatic heterocycles. The van der Waals surface area contributed by atoms with E-state index in [4.69, 9.17) is 13.9 Å². The summed E-state index contributed by atoms with van der Waals surface area (Å²) in [6.45, 7) is 5.55. The van der Waals surface area contributed by atoms with Gasteiger partial charge in [-0.05, 0) is 31.2 Å². The van der Waals surface area contributed by atoms with Crippen molar-refractivity contribution in [2.45, 2.75) is 13.5 Å². The summed E-state index contributed by atoms with van der Waals surface area (Å²) in [5.41, 5.74) is 0.853. The number of ether oxygens (including phenoxy) is 2. The second kappa shape index (κ2) is 7.98. The van der Waals surface area contributed by atoms with Crippen LogP contribution in [0.5, 0.6) is 5.75 Å². The lowest BCUT2D eigenvalue weighted by Gasteiger charge is -2.33. The van der Waals surface area contributed by atoms with E-state index in [1.165, 1.54) is 0 Å². The Labute approximate surface area is 146 Å². The highest BCUT2D eigenvalue weighted by atomic mass is 16.6. The molecule has 2 aromatic rings. The van der Waals surface area contributed by atoms with Crippen molar-refractivity contribution in [3.8, 4) is 17.2 Å². The van der Waals surface area contributed by atoms with Gasteiger partial charge in [-0.3, -0.25) is 4.90 Å². The zero-order chi connectivity index (χ0) is 17.6. The van der Waals surface area contributed by atoms with Gasteiger partial charge in [-0.15, -0.1) is 10.2 Å². The van der Waals surface area contributed by atoms with Gasteiger partial charge in [0.15, 0.2) is 0 Å². The van der Waals surface area contributed by atoms with Crippen LogP contribution in [0, 0.1) is 0 Å². The molecule has 0 saturated carbocycles. The lowest BCUT2D eigenvalue weighted by atomic mass is 10.2. The van der Waals surface area contributed by atoms with E-state index in [1.807, 2.05) is 31.2 Å². The van der Waals surface area contributed by atoms with Gasteiger partial charge >= 0.3 is 6.09 Å². The molecule has 1 saturated heterocycles. The van der Waals surface area contributed by atoms with E-state index >= 15 is 0 Å². The van der Waals surface area contributed by atoms with Gasteiger partial charge in [-0.25, -0.2) is 4.79 Å². The Kier molecular flexibility index (Phi) is 5.49. The molecular weight excluding hydrogens is 324 g/mol. The maximum Gasteiger partial charge on any atom is 0.409 e. The molecule has 0 atom stereocenters. The Balaban J connectivity index is 1.54. The Morgan fingerprint density at radius 3 is 2.52 bits per heavy atom. The smallest absolute Gasteiger partial charge is 0.409 e. The first-order chi connectivity index (χ1) is 12.2. The molecule has 0 N–H and O–H groups in total. The third-order valence-electron chi connectivity index (χ3n) is 4.06. The fraction of sp³-hybridized carbons (Fsp3) is 0.471. The van der Waals surface area contributed by atoms with Gasteiger partial charge < -0.3 is 18.8 Å². The molecule has 1 fully saturated rings. The van der Waals surface area contributed by atoms with Crippen molar-refractivity contribution in [2.75, 3.05) is 39.9 Å². The van der Waals surface area contributed by atoms with E-state index in [2.05, 4.69) is 15.1 Å². The molecule has 134 valence electrons. The number of methoxy groups -OCH3 is 1. The topological polar surface area (TPSA) is 80.9 Å².